The van der Waals surface area contributed by atoms with E-state index < -0.39 is 27.5 Å². The van der Waals surface area contributed by atoms with Crippen molar-refractivity contribution in [1.29, 1.82) is 0 Å². The standard InChI is InChI=1S/C34H37N3O5S/c1-3-29(27-15-10-16-28(21-27)36-43(40,41)31-23-37(2)24-35-31)32-30(38)22-34(42-33(32)39,19-17-25-11-6-4-7-12-25)20-18-26-13-8-5-9-14-26/h4-16,21,23-24,29,36,38H,3,17-20,22H2,1-2H3/t29-/m1/s1. The predicted molar refractivity (Wildman–Crippen MR) is 166 cm³/mol. The third kappa shape index (κ3) is 7.17. The molecule has 9 heteroatoms. The fraction of sp³-hybridized carbons (Fsp3) is 0.294. The number of aliphatic hydroxyl groups excluding tert-OH is 1. The minimum Gasteiger partial charge on any atom is -0.512 e. The lowest BCUT2D eigenvalue weighted by atomic mass is 9.79. The Bertz CT molecular complexity index is 1650. The van der Waals surface area contributed by atoms with Gasteiger partial charge in [-0.25, -0.2) is 9.78 Å². The van der Waals surface area contributed by atoms with Crippen molar-refractivity contribution < 1.29 is 23.1 Å². The number of hydrogen-bond acceptors (Lipinski definition) is 6. The van der Waals surface area contributed by atoms with Gasteiger partial charge in [0.2, 0.25) is 0 Å². The van der Waals surface area contributed by atoms with E-state index in [1.165, 1.54) is 12.5 Å². The summed E-state index contributed by atoms with van der Waals surface area (Å²) in [4.78, 5) is 17.7. The number of benzene rings is 3. The molecule has 0 spiro atoms. The number of esters is 1. The summed E-state index contributed by atoms with van der Waals surface area (Å²) < 4.78 is 36.1. The van der Waals surface area contributed by atoms with Gasteiger partial charge >= 0.3 is 5.97 Å². The van der Waals surface area contributed by atoms with Crippen LogP contribution in [-0.4, -0.2) is 34.6 Å². The Morgan fingerprint density at radius 2 is 1.60 bits per heavy atom. The number of anilines is 1. The molecule has 0 aliphatic carbocycles. The molecule has 2 N–H and O–H groups in total. The zero-order valence-electron chi connectivity index (χ0n) is 24.4. The van der Waals surface area contributed by atoms with Gasteiger partial charge in [-0.3, -0.25) is 4.72 Å². The van der Waals surface area contributed by atoms with Gasteiger partial charge in [-0.2, -0.15) is 8.42 Å². The highest BCUT2D eigenvalue weighted by atomic mass is 32.2. The summed E-state index contributed by atoms with van der Waals surface area (Å²) >= 11 is 0. The first-order chi connectivity index (χ1) is 20.7. The van der Waals surface area contributed by atoms with Gasteiger partial charge in [0, 0.05) is 31.3 Å². The van der Waals surface area contributed by atoms with Crippen LogP contribution < -0.4 is 4.72 Å². The molecule has 1 aliphatic heterocycles. The SMILES string of the molecule is CC[C@@H](C1=C(O)CC(CCc2ccccc2)(CCc2ccccc2)OC1=O)c1cccc(NS(=O)(=O)c2cn(C)cn2)c1. The minimum atomic E-state index is -3.90. The van der Waals surface area contributed by atoms with E-state index in [4.69, 9.17) is 4.74 Å². The smallest absolute Gasteiger partial charge is 0.338 e. The Labute approximate surface area is 253 Å². The second kappa shape index (κ2) is 12.9. The van der Waals surface area contributed by atoms with E-state index in [9.17, 15) is 18.3 Å². The number of ether oxygens (including phenoxy) is 1. The second-order valence-corrected chi connectivity index (χ2v) is 12.8. The van der Waals surface area contributed by atoms with Crippen LogP contribution in [0.25, 0.3) is 0 Å². The first kappa shape index (κ1) is 30.1. The van der Waals surface area contributed by atoms with Gasteiger partial charge < -0.3 is 14.4 Å². The van der Waals surface area contributed by atoms with E-state index in [0.717, 1.165) is 11.1 Å². The maximum Gasteiger partial charge on any atom is 0.338 e. The topological polar surface area (TPSA) is 111 Å². The first-order valence-corrected chi connectivity index (χ1v) is 16.0. The molecule has 1 aliphatic rings. The average molecular weight is 600 g/mol. The van der Waals surface area contributed by atoms with Crippen LogP contribution in [0.5, 0.6) is 0 Å². The molecule has 0 bridgehead atoms. The quantitative estimate of drug-likeness (QED) is 0.181. The second-order valence-electron chi connectivity index (χ2n) is 11.2. The number of imidazole rings is 1. The number of cyclic esters (lactones) is 1. The Balaban J connectivity index is 1.41. The highest BCUT2D eigenvalue weighted by Crippen LogP contribution is 2.42. The van der Waals surface area contributed by atoms with Crippen LogP contribution in [0, 0.1) is 0 Å². The maximum atomic E-state index is 13.8. The molecule has 0 unspecified atom stereocenters. The molecule has 1 aromatic heterocycles. The van der Waals surface area contributed by atoms with Gasteiger partial charge in [0.25, 0.3) is 10.0 Å². The van der Waals surface area contributed by atoms with Crippen molar-refractivity contribution in [3.8, 4) is 0 Å². The lowest BCUT2D eigenvalue weighted by molar-refractivity contribution is -0.161. The van der Waals surface area contributed by atoms with Crippen molar-refractivity contribution in [3.63, 3.8) is 0 Å². The Morgan fingerprint density at radius 1 is 0.977 bits per heavy atom. The summed E-state index contributed by atoms with van der Waals surface area (Å²) in [5.74, 6) is -0.979. The van der Waals surface area contributed by atoms with Crippen LogP contribution in [-0.2, 0) is 39.4 Å². The van der Waals surface area contributed by atoms with E-state index >= 15 is 0 Å². The number of aromatic nitrogens is 2. The fourth-order valence-electron chi connectivity index (χ4n) is 5.75. The molecule has 4 aromatic rings. The number of aryl methyl sites for hydroxylation is 3. The van der Waals surface area contributed by atoms with Crippen LogP contribution in [0.4, 0.5) is 5.69 Å². The summed E-state index contributed by atoms with van der Waals surface area (Å²) in [6.07, 6.45) is 6.14. The molecule has 43 heavy (non-hydrogen) atoms. The summed E-state index contributed by atoms with van der Waals surface area (Å²) in [6, 6.07) is 27.0. The third-order valence-corrected chi connectivity index (χ3v) is 9.27. The number of rotatable bonds is 12. The molecule has 0 saturated carbocycles. The summed E-state index contributed by atoms with van der Waals surface area (Å²) in [5, 5.41) is 11.4. The molecule has 0 fully saturated rings. The van der Waals surface area contributed by atoms with Crippen molar-refractivity contribution in [2.75, 3.05) is 4.72 Å². The fourth-order valence-corrected chi connectivity index (χ4v) is 6.78. The molecule has 0 saturated heterocycles. The number of aliphatic hydroxyl groups is 1. The van der Waals surface area contributed by atoms with Crippen molar-refractivity contribution in [1.82, 2.24) is 9.55 Å². The third-order valence-electron chi connectivity index (χ3n) is 8.01. The summed E-state index contributed by atoms with van der Waals surface area (Å²) in [6.45, 7) is 1.93. The minimum absolute atomic E-state index is 0.0312. The number of nitrogens with zero attached hydrogens (tertiary/aromatic N) is 2. The summed E-state index contributed by atoms with van der Waals surface area (Å²) in [5.41, 5.74) is 2.69. The van der Waals surface area contributed by atoms with E-state index in [1.54, 1.807) is 29.8 Å². The molecule has 2 heterocycles. The number of carbonyl (C=O) groups is 1. The van der Waals surface area contributed by atoms with E-state index in [-0.39, 0.29) is 22.8 Å². The molecule has 0 radical (unpaired) electrons. The first-order valence-electron chi connectivity index (χ1n) is 14.5. The lowest BCUT2D eigenvalue weighted by Crippen LogP contribution is -2.42. The van der Waals surface area contributed by atoms with E-state index in [1.807, 2.05) is 49.4 Å². The molecule has 224 valence electrons. The highest BCUT2D eigenvalue weighted by Gasteiger charge is 2.43. The summed E-state index contributed by atoms with van der Waals surface area (Å²) in [7, 11) is -2.20. The van der Waals surface area contributed by atoms with Crippen LogP contribution in [0.15, 0.2) is 114 Å². The van der Waals surface area contributed by atoms with Gasteiger partial charge in [0.1, 0.15) is 11.4 Å². The van der Waals surface area contributed by atoms with E-state index in [2.05, 4.69) is 34.0 Å². The lowest BCUT2D eigenvalue weighted by Gasteiger charge is -2.39. The molecular formula is C34H37N3O5S. The Hall–Kier alpha value is -4.37. The number of nitrogens with one attached hydrogen (secondary N) is 1. The van der Waals surface area contributed by atoms with Gasteiger partial charge in [0.15, 0.2) is 5.03 Å². The molecule has 1 atom stereocenters. The van der Waals surface area contributed by atoms with Gasteiger partial charge in [-0.15, -0.1) is 0 Å². The van der Waals surface area contributed by atoms with Crippen LogP contribution in [0.3, 0.4) is 0 Å². The number of sulfonamides is 1. The average Bonchev–Trinajstić information content (AvgIpc) is 3.45. The van der Waals surface area contributed by atoms with Gasteiger partial charge in [0.05, 0.1) is 11.9 Å². The zero-order valence-corrected chi connectivity index (χ0v) is 25.3. The van der Waals surface area contributed by atoms with E-state index in [0.29, 0.717) is 43.4 Å². The normalized spacial score (nSPS) is 15.6. The van der Waals surface area contributed by atoms with Gasteiger partial charge in [-0.05, 0) is 60.9 Å². The number of hydrogen-bond donors (Lipinski definition) is 2. The zero-order chi connectivity index (χ0) is 30.5. The molecule has 8 nitrogen and oxygen atoms in total. The highest BCUT2D eigenvalue weighted by molar-refractivity contribution is 7.92. The Morgan fingerprint density at radius 3 is 2.14 bits per heavy atom. The van der Waals surface area contributed by atoms with Crippen LogP contribution in [0.2, 0.25) is 0 Å². The van der Waals surface area contributed by atoms with Crippen molar-refractivity contribution in [3.05, 3.63) is 125 Å². The number of carbonyl (C=O) groups excluding carboxylic acids is 1. The van der Waals surface area contributed by atoms with Crippen molar-refractivity contribution in [2.45, 2.75) is 62.0 Å². The van der Waals surface area contributed by atoms with Crippen LogP contribution in [0.1, 0.15) is 55.2 Å². The maximum absolute atomic E-state index is 13.8. The van der Waals surface area contributed by atoms with Crippen molar-refractivity contribution in [2.24, 2.45) is 7.05 Å². The Kier molecular flexibility index (Phi) is 9.01. The predicted octanol–water partition coefficient (Wildman–Crippen LogP) is 6.48. The molecule has 0 amide bonds. The molecular weight excluding hydrogens is 562 g/mol. The molecule has 3 aromatic carbocycles. The largest absolute Gasteiger partial charge is 0.512 e. The van der Waals surface area contributed by atoms with Crippen LogP contribution >= 0.6 is 0 Å². The molecule has 5 rings (SSSR count). The van der Waals surface area contributed by atoms with Gasteiger partial charge in [-0.1, -0.05) is 79.7 Å². The monoisotopic (exact) mass is 599 g/mol. The van der Waals surface area contributed by atoms with Crippen molar-refractivity contribution >= 4 is 21.7 Å².